The van der Waals surface area contributed by atoms with E-state index < -0.39 is 5.97 Å². The van der Waals surface area contributed by atoms with Crippen molar-refractivity contribution in [2.24, 2.45) is 0 Å². The van der Waals surface area contributed by atoms with E-state index in [2.05, 4.69) is 0 Å². The highest BCUT2D eigenvalue weighted by Gasteiger charge is 2.33. The van der Waals surface area contributed by atoms with Crippen molar-refractivity contribution in [2.75, 3.05) is 7.11 Å². The molecule has 0 spiro atoms. The molecule has 1 N–H and O–H groups in total. The molecule has 4 aromatic rings. The van der Waals surface area contributed by atoms with Gasteiger partial charge in [-0.2, -0.15) is 0 Å². The third-order valence-corrected chi connectivity index (χ3v) is 5.57. The molecule has 0 bridgehead atoms. The van der Waals surface area contributed by atoms with E-state index in [0.29, 0.717) is 22.4 Å². The van der Waals surface area contributed by atoms with Crippen LogP contribution >= 0.6 is 0 Å². The largest absolute Gasteiger partial charge is 0.507 e. The van der Waals surface area contributed by atoms with Crippen LogP contribution < -0.4 is 14.9 Å². The topological polar surface area (TPSA) is 86.0 Å². The van der Waals surface area contributed by atoms with Crippen molar-refractivity contribution in [1.29, 1.82) is 0 Å². The second kappa shape index (κ2) is 7.32. The fourth-order valence-corrected chi connectivity index (χ4v) is 4.07. The molecular formula is C25H18O6. The van der Waals surface area contributed by atoms with Crippen molar-refractivity contribution in [3.8, 4) is 28.4 Å². The molecule has 0 aliphatic carbocycles. The molecule has 1 aliphatic rings. The Kier molecular flexibility index (Phi) is 4.47. The number of hydrogen-bond acceptors (Lipinski definition) is 6. The number of carbonyl (C=O) groups excluding carboxylic acids is 1. The monoisotopic (exact) mass is 414 g/mol. The minimum atomic E-state index is -0.405. The Balaban J connectivity index is 1.75. The molecule has 1 atom stereocenters. The van der Waals surface area contributed by atoms with Gasteiger partial charge in [0.25, 0.3) is 0 Å². The number of aromatic hydroxyl groups is 1. The van der Waals surface area contributed by atoms with E-state index in [4.69, 9.17) is 13.9 Å². The van der Waals surface area contributed by atoms with Crippen molar-refractivity contribution in [2.45, 2.75) is 12.3 Å². The molecule has 0 unspecified atom stereocenters. The molecule has 1 aromatic heterocycles. The fraction of sp³-hybridized carbons (Fsp3) is 0.120. The van der Waals surface area contributed by atoms with Gasteiger partial charge in [-0.05, 0) is 23.3 Å². The summed E-state index contributed by atoms with van der Waals surface area (Å²) in [6.07, 6.45) is 1.49. The van der Waals surface area contributed by atoms with Gasteiger partial charge >= 0.3 is 5.97 Å². The fourth-order valence-electron chi connectivity index (χ4n) is 4.07. The Morgan fingerprint density at radius 2 is 1.77 bits per heavy atom. The van der Waals surface area contributed by atoms with Gasteiger partial charge in [-0.1, -0.05) is 42.5 Å². The highest BCUT2D eigenvalue weighted by molar-refractivity contribution is 5.94. The van der Waals surface area contributed by atoms with Crippen molar-refractivity contribution >= 4 is 16.9 Å². The third kappa shape index (κ3) is 3.13. The number of esters is 1. The minimum absolute atomic E-state index is 0.0611. The lowest BCUT2D eigenvalue weighted by Gasteiger charge is -2.25. The van der Waals surface area contributed by atoms with E-state index in [1.807, 2.05) is 30.3 Å². The Hall–Kier alpha value is -4.06. The molecule has 0 radical (unpaired) electrons. The van der Waals surface area contributed by atoms with Crippen LogP contribution in [0, 0.1) is 0 Å². The Morgan fingerprint density at radius 1 is 1.03 bits per heavy atom. The molecule has 6 nitrogen and oxygen atoms in total. The number of phenols is 1. The van der Waals surface area contributed by atoms with E-state index in [1.165, 1.54) is 12.3 Å². The molecule has 6 heteroatoms. The molecule has 2 heterocycles. The van der Waals surface area contributed by atoms with Crippen LogP contribution in [0.5, 0.6) is 17.2 Å². The zero-order valence-electron chi connectivity index (χ0n) is 16.6. The van der Waals surface area contributed by atoms with Gasteiger partial charge in [-0.3, -0.25) is 9.59 Å². The number of fused-ring (bicyclic) bond motifs is 3. The lowest BCUT2D eigenvalue weighted by molar-refractivity contribution is -0.135. The van der Waals surface area contributed by atoms with Crippen LogP contribution in [-0.2, 0) is 4.79 Å². The van der Waals surface area contributed by atoms with Gasteiger partial charge in [0.15, 0.2) is 0 Å². The lowest BCUT2D eigenvalue weighted by atomic mass is 9.85. The maximum atomic E-state index is 13.3. The Labute approximate surface area is 177 Å². The smallest absolute Gasteiger partial charge is 0.312 e. The van der Waals surface area contributed by atoms with Crippen LogP contribution in [0.3, 0.4) is 0 Å². The molecule has 0 saturated carbocycles. The summed E-state index contributed by atoms with van der Waals surface area (Å²) in [5.74, 6) is -0.180. The summed E-state index contributed by atoms with van der Waals surface area (Å²) < 4.78 is 16.5. The maximum absolute atomic E-state index is 13.3. The minimum Gasteiger partial charge on any atom is -0.507 e. The summed E-state index contributed by atoms with van der Waals surface area (Å²) in [6.45, 7) is 0. The summed E-state index contributed by atoms with van der Waals surface area (Å²) in [7, 11) is 1.57. The van der Waals surface area contributed by atoms with E-state index in [1.54, 1.807) is 31.4 Å². The average molecular weight is 414 g/mol. The van der Waals surface area contributed by atoms with Gasteiger partial charge in [0, 0.05) is 17.5 Å². The van der Waals surface area contributed by atoms with E-state index in [-0.39, 0.29) is 40.2 Å². The highest BCUT2D eigenvalue weighted by atomic mass is 16.5. The van der Waals surface area contributed by atoms with Crippen molar-refractivity contribution < 1.29 is 23.8 Å². The van der Waals surface area contributed by atoms with Crippen LogP contribution in [0.25, 0.3) is 22.1 Å². The number of carbonyl (C=O) groups is 1. The van der Waals surface area contributed by atoms with Gasteiger partial charge in [0.05, 0.1) is 19.1 Å². The van der Waals surface area contributed by atoms with E-state index in [9.17, 15) is 14.7 Å². The van der Waals surface area contributed by atoms with Crippen LogP contribution in [0.1, 0.15) is 23.5 Å². The van der Waals surface area contributed by atoms with Gasteiger partial charge in [0.2, 0.25) is 5.43 Å². The van der Waals surface area contributed by atoms with E-state index in [0.717, 1.165) is 5.56 Å². The van der Waals surface area contributed by atoms with Crippen LogP contribution in [-0.4, -0.2) is 18.2 Å². The molecule has 154 valence electrons. The first-order chi connectivity index (χ1) is 15.1. The Morgan fingerprint density at radius 3 is 2.48 bits per heavy atom. The zero-order chi connectivity index (χ0) is 21.5. The summed E-state index contributed by atoms with van der Waals surface area (Å²) in [5.41, 5.74) is 2.29. The highest BCUT2D eigenvalue weighted by Crippen LogP contribution is 2.45. The van der Waals surface area contributed by atoms with Gasteiger partial charge in [-0.25, -0.2) is 0 Å². The lowest BCUT2D eigenvalue weighted by Crippen LogP contribution is -2.22. The molecule has 5 rings (SSSR count). The SMILES string of the molecule is COc1ccc(-c2coc3c4c(cc(O)c3c2=O)OC(=O)C[C@H]4c2ccccc2)cc1. The number of phenolic OH excluding ortho intramolecular Hbond substituents is 1. The second-order valence-corrected chi connectivity index (χ2v) is 7.36. The number of benzene rings is 3. The summed E-state index contributed by atoms with van der Waals surface area (Å²) in [6, 6.07) is 17.8. The molecular weight excluding hydrogens is 396 g/mol. The summed E-state index contributed by atoms with van der Waals surface area (Å²) >= 11 is 0. The average Bonchev–Trinajstić information content (AvgIpc) is 2.79. The number of methoxy groups -OCH3 is 1. The first-order valence-electron chi connectivity index (χ1n) is 9.78. The predicted octanol–water partition coefficient (Wildman–Crippen LogP) is 4.62. The quantitative estimate of drug-likeness (QED) is 0.389. The summed E-state index contributed by atoms with van der Waals surface area (Å²) in [5, 5.41) is 10.7. The van der Waals surface area contributed by atoms with Crippen molar-refractivity contribution in [3.63, 3.8) is 0 Å². The number of hydrogen-bond donors (Lipinski definition) is 1. The third-order valence-electron chi connectivity index (χ3n) is 5.57. The molecule has 31 heavy (non-hydrogen) atoms. The standard InChI is InChI=1S/C25H18O6/c1-29-16-9-7-15(8-10-16)18-13-30-25-22-17(14-5-3-2-4-6-14)11-21(27)31-20(22)12-19(26)23(25)24(18)28/h2-10,12-13,17,26H,11H2,1H3/t17-/m0/s1. The molecule has 0 saturated heterocycles. The van der Waals surface area contributed by atoms with Crippen LogP contribution in [0.15, 0.2) is 76.1 Å². The second-order valence-electron chi connectivity index (χ2n) is 7.36. The summed E-state index contributed by atoms with van der Waals surface area (Å²) in [4.78, 5) is 25.5. The molecule has 1 aliphatic heterocycles. The predicted molar refractivity (Wildman–Crippen MR) is 115 cm³/mol. The number of rotatable bonds is 3. The maximum Gasteiger partial charge on any atom is 0.312 e. The van der Waals surface area contributed by atoms with Gasteiger partial charge in [0.1, 0.15) is 34.5 Å². The molecule has 3 aromatic carbocycles. The van der Waals surface area contributed by atoms with Crippen LogP contribution in [0.4, 0.5) is 0 Å². The van der Waals surface area contributed by atoms with Crippen LogP contribution in [0.2, 0.25) is 0 Å². The van der Waals surface area contributed by atoms with E-state index >= 15 is 0 Å². The van der Waals surface area contributed by atoms with Gasteiger partial charge < -0.3 is 19.0 Å². The van der Waals surface area contributed by atoms with Crippen molar-refractivity contribution in [3.05, 3.63) is 88.3 Å². The molecule has 0 fully saturated rings. The Bertz CT molecular complexity index is 1350. The van der Waals surface area contributed by atoms with Gasteiger partial charge in [-0.15, -0.1) is 0 Å². The zero-order valence-corrected chi connectivity index (χ0v) is 16.6. The first-order valence-corrected chi connectivity index (χ1v) is 9.78. The molecule has 0 amide bonds. The number of ether oxygens (including phenoxy) is 2. The first kappa shape index (κ1) is 18.9. The van der Waals surface area contributed by atoms with Crippen molar-refractivity contribution in [1.82, 2.24) is 0 Å². The normalized spacial score (nSPS) is 15.4.